The number of hydrogen-bond acceptors (Lipinski definition) is 4. The van der Waals surface area contributed by atoms with Crippen LogP contribution in [0.1, 0.15) is 15.9 Å². The summed E-state index contributed by atoms with van der Waals surface area (Å²) >= 11 is 0. The summed E-state index contributed by atoms with van der Waals surface area (Å²) < 4.78 is 0. The van der Waals surface area contributed by atoms with E-state index in [1.165, 1.54) is 6.21 Å². The monoisotopic (exact) mass is 269 g/mol. The first-order valence-electron chi connectivity index (χ1n) is 6.11. The highest BCUT2D eigenvalue weighted by atomic mass is 16.3. The lowest BCUT2D eigenvalue weighted by atomic mass is 10.1. The summed E-state index contributed by atoms with van der Waals surface area (Å²) in [5.41, 5.74) is 9.62. The molecule has 5 nitrogen and oxygen atoms in total. The van der Waals surface area contributed by atoms with E-state index in [9.17, 15) is 9.90 Å². The van der Waals surface area contributed by atoms with Crippen molar-refractivity contribution >= 4 is 17.8 Å². The number of carbonyl (C=O) groups is 1. The first-order valence-corrected chi connectivity index (χ1v) is 6.11. The number of nitrogens with two attached hydrogens (primary N) is 1. The standard InChI is InChI=1S/C15H15N3O2/c16-13-7-3-2-6-12(13)15(20)18-17-10-9-11-5-1-4-8-14(11)19/h1-8,10,19H,9,16H2,(H,18,20). The van der Waals surface area contributed by atoms with Gasteiger partial charge in [-0.2, -0.15) is 5.10 Å². The van der Waals surface area contributed by atoms with Crippen molar-refractivity contribution in [2.24, 2.45) is 5.10 Å². The molecule has 0 saturated carbocycles. The zero-order valence-corrected chi connectivity index (χ0v) is 10.8. The van der Waals surface area contributed by atoms with Gasteiger partial charge in [0.1, 0.15) is 5.75 Å². The van der Waals surface area contributed by atoms with Crippen LogP contribution < -0.4 is 11.2 Å². The number of rotatable bonds is 4. The maximum absolute atomic E-state index is 11.8. The smallest absolute Gasteiger partial charge is 0.273 e. The summed E-state index contributed by atoms with van der Waals surface area (Å²) in [7, 11) is 0. The lowest BCUT2D eigenvalue weighted by molar-refractivity contribution is 0.0956. The third-order valence-corrected chi connectivity index (χ3v) is 2.77. The molecule has 0 aromatic heterocycles. The zero-order valence-electron chi connectivity index (χ0n) is 10.8. The van der Waals surface area contributed by atoms with Crippen molar-refractivity contribution in [2.45, 2.75) is 6.42 Å². The molecule has 0 radical (unpaired) electrons. The molecular formula is C15H15N3O2. The molecule has 2 aromatic carbocycles. The van der Waals surface area contributed by atoms with E-state index in [-0.39, 0.29) is 11.7 Å². The third kappa shape index (κ3) is 3.35. The van der Waals surface area contributed by atoms with Gasteiger partial charge in [-0.1, -0.05) is 30.3 Å². The molecule has 0 fully saturated rings. The molecule has 0 atom stereocenters. The minimum Gasteiger partial charge on any atom is -0.508 e. The van der Waals surface area contributed by atoms with Crippen molar-refractivity contribution in [1.82, 2.24) is 5.43 Å². The second kappa shape index (κ2) is 6.38. The van der Waals surface area contributed by atoms with Crippen molar-refractivity contribution in [3.05, 3.63) is 59.7 Å². The second-order valence-corrected chi connectivity index (χ2v) is 4.17. The molecule has 0 unspecified atom stereocenters. The van der Waals surface area contributed by atoms with Crippen molar-refractivity contribution in [3.63, 3.8) is 0 Å². The van der Waals surface area contributed by atoms with E-state index in [4.69, 9.17) is 5.73 Å². The average molecular weight is 269 g/mol. The molecule has 0 heterocycles. The van der Waals surface area contributed by atoms with Gasteiger partial charge in [-0.3, -0.25) is 4.79 Å². The number of carbonyl (C=O) groups excluding carboxylic acids is 1. The lowest BCUT2D eigenvalue weighted by Gasteiger charge is -2.03. The molecule has 0 aliphatic rings. The third-order valence-electron chi connectivity index (χ3n) is 2.77. The highest BCUT2D eigenvalue weighted by Crippen LogP contribution is 2.15. The fourth-order valence-electron chi connectivity index (χ4n) is 1.70. The first kappa shape index (κ1) is 13.6. The number of hydrogen-bond donors (Lipinski definition) is 3. The highest BCUT2D eigenvalue weighted by molar-refractivity contribution is 5.99. The SMILES string of the molecule is Nc1ccccc1C(=O)NN=CCc1ccccc1O. The molecule has 0 spiro atoms. The summed E-state index contributed by atoms with van der Waals surface area (Å²) in [6.45, 7) is 0. The molecule has 0 bridgehead atoms. The Bertz CT molecular complexity index is 639. The molecular weight excluding hydrogens is 254 g/mol. The van der Waals surface area contributed by atoms with Crippen molar-refractivity contribution < 1.29 is 9.90 Å². The predicted molar refractivity (Wildman–Crippen MR) is 78.6 cm³/mol. The Labute approximate surface area is 116 Å². The molecule has 4 N–H and O–H groups in total. The Morgan fingerprint density at radius 2 is 1.90 bits per heavy atom. The summed E-state index contributed by atoms with van der Waals surface area (Å²) in [5, 5.41) is 13.4. The second-order valence-electron chi connectivity index (χ2n) is 4.17. The number of phenols is 1. The number of benzene rings is 2. The normalized spacial score (nSPS) is 10.6. The fourth-order valence-corrected chi connectivity index (χ4v) is 1.70. The average Bonchev–Trinajstić information content (AvgIpc) is 2.45. The molecule has 0 aliphatic carbocycles. The number of aromatic hydroxyl groups is 1. The molecule has 102 valence electrons. The van der Waals surface area contributed by atoms with Crippen LogP contribution in [-0.4, -0.2) is 17.2 Å². The van der Waals surface area contributed by atoms with Crippen molar-refractivity contribution in [3.8, 4) is 5.75 Å². The maximum Gasteiger partial charge on any atom is 0.273 e. The van der Waals surface area contributed by atoms with Crippen LogP contribution in [0.5, 0.6) is 5.75 Å². The molecule has 1 amide bonds. The Kier molecular flexibility index (Phi) is 4.34. The van der Waals surface area contributed by atoms with Crippen molar-refractivity contribution in [1.29, 1.82) is 0 Å². The van der Waals surface area contributed by atoms with Gasteiger partial charge in [-0.15, -0.1) is 0 Å². The van der Waals surface area contributed by atoms with E-state index < -0.39 is 0 Å². The Hall–Kier alpha value is -2.82. The minimum absolute atomic E-state index is 0.206. The molecule has 2 rings (SSSR count). The quantitative estimate of drug-likeness (QED) is 0.450. The molecule has 2 aromatic rings. The molecule has 0 saturated heterocycles. The van der Waals surface area contributed by atoms with E-state index in [0.717, 1.165) is 5.56 Å². The Morgan fingerprint density at radius 3 is 2.65 bits per heavy atom. The van der Waals surface area contributed by atoms with Crippen LogP contribution in [0.25, 0.3) is 0 Å². The molecule has 20 heavy (non-hydrogen) atoms. The van der Waals surface area contributed by atoms with Gasteiger partial charge in [-0.25, -0.2) is 5.43 Å². The van der Waals surface area contributed by atoms with E-state index in [0.29, 0.717) is 17.7 Å². The zero-order chi connectivity index (χ0) is 14.4. The summed E-state index contributed by atoms with van der Waals surface area (Å²) in [6.07, 6.45) is 1.95. The Balaban J connectivity index is 1.93. The number of nitrogen functional groups attached to an aromatic ring is 1. The number of nitrogens with zero attached hydrogens (tertiary/aromatic N) is 1. The van der Waals surface area contributed by atoms with Gasteiger partial charge < -0.3 is 10.8 Å². The van der Waals surface area contributed by atoms with Gasteiger partial charge in [-0.05, 0) is 23.8 Å². The lowest BCUT2D eigenvalue weighted by Crippen LogP contribution is -2.19. The van der Waals surface area contributed by atoms with Crippen molar-refractivity contribution in [2.75, 3.05) is 5.73 Å². The summed E-state index contributed by atoms with van der Waals surface area (Å²) in [5.74, 6) is -0.158. The van der Waals surface area contributed by atoms with E-state index in [2.05, 4.69) is 10.5 Å². The van der Waals surface area contributed by atoms with E-state index in [1.54, 1.807) is 42.5 Å². The molecule has 5 heteroatoms. The number of anilines is 1. The molecule has 0 aliphatic heterocycles. The number of nitrogens with one attached hydrogen (secondary N) is 1. The van der Waals surface area contributed by atoms with Gasteiger partial charge in [0.2, 0.25) is 0 Å². The van der Waals surface area contributed by atoms with Crippen LogP contribution in [0.2, 0.25) is 0 Å². The fraction of sp³-hybridized carbons (Fsp3) is 0.0667. The Morgan fingerprint density at radius 1 is 1.20 bits per heavy atom. The van der Waals surface area contributed by atoms with Gasteiger partial charge >= 0.3 is 0 Å². The van der Waals surface area contributed by atoms with Gasteiger partial charge in [0.15, 0.2) is 0 Å². The van der Waals surface area contributed by atoms with Crippen LogP contribution in [0.4, 0.5) is 5.69 Å². The van der Waals surface area contributed by atoms with E-state index >= 15 is 0 Å². The minimum atomic E-state index is -0.364. The maximum atomic E-state index is 11.8. The summed E-state index contributed by atoms with van der Waals surface area (Å²) in [4.78, 5) is 11.8. The number of para-hydroxylation sites is 2. The van der Waals surface area contributed by atoms with Crippen LogP contribution in [0.15, 0.2) is 53.6 Å². The number of phenolic OH excluding ortho intramolecular Hbond substituents is 1. The predicted octanol–water partition coefficient (Wildman–Crippen LogP) is 1.93. The van der Waals surface area contributed by atoms with Crippen LogP contribution >= 0.6 is 0 Å². The topological polar surface area (TPSA) is 87.7 Å². The number of amides is 1. The van der Waals surface area contributed by atoms with Gasteiger partial charge in [0, 0.05) is 18.3 Å². The van der Waals surface area contributed by atoms with Crippen LogP contribution in [-0.2, 0) is 6.42 Å². The summed E-state index contributed by atoms with van der Waals surface area (Å²) in [6, 6.07) is 13.7. The van der Waals surface area contributed by atoms with Gasteiger partial charge in [0.05, 0.1) is 5.56 Å². The van der Waals surface area contributed by atoms with Gasteiger partial charge in [0.25, 0.3) is 5.91 Å². The van der Waals surface area contributed by atoms with Crippen LogP contribution in [0.3, 0.4) is 0 Å². The van der Waals surface area contributed by atoms with E-state index in [1.807, 2.05) is 6.07 Å². The van der Waals surface area contributed by atoms with Crippen LogP contribution in [0, 0.1) is 0 Å². The number of hydrazone groups is 1. The first-order chi connectivity index (χ1) is 9.68. The highest BCUT2D eigenvalue weighted by Gasteiger charge is 2.06. The largest absolute Gasteiger partial charge is 0.508 e.